The second kappa shape index (κ2) is 6.48. The molecule has 1 aromatic carbocycles. The van der Waals surface area contributed by atoms with Crippen LogP contribution in [0, 0.1) is 0 Å². The van der Waals surface area contributed by atoms with Crippen molar-refractivity contribution in [3.63, 3.8) is 0 Å². The van der Waals surface area contributed by atoms with Crippen molar-refractivity contribution in [2.24, 2.45) is 0 Å². The van der Waals surface area contributed by atoms with Crippen molar-refractivity contribution in [2.75, 3.05) is 0 Å². The molecular formula is C19H23N3. The van der Waals surface area contributed by atoms with E-state index in [1.165, 1.54) is 16.6 Å². The maximum atomic E-state index is 3.96. The van der Waals surface area contributed by atoms with E-state index >= 15 is 0 Å². The first-order chi connectivity index (χ1) is 10.5. The van der Waals surface area contributed by atoms with Crippen molar-refractivity contribution in [3.05, 3.63) is 66.9 Å². The van der Waals surface area contributed by atoms with Gasteiger partial charge in [-0.1, -0.05) is 52.1 Å². The molecule has 0 unspecified atom stereocenters. The number of hydrogen-bond acceptors (Lipinski definition) is 1. The Morgan fingerprint density at radius 3 is 2.36 bits per heavy atom. The van der Waals surface area contributed by atoms with Gasteiger partial charge in [0.05, 0.1) is 17.7 Å². The number of rotatable bonds is 2. The lowest BCUT2D eigenvalue weighted by Crippen LogP contribution is -2.10. The average molecular weight is 293 g/mol. The largest absolute Gasteiger partial charge is 0.358 e. The smallest absolute Gasteiger partial charge is 0.0931 e. The lowest BCUT2D eigenvalue weighted by molar-refractivity contribution is 0.574. The fourth-order valence-corrected chi connectivity index (χ4v) is 2.12. The lowest BCUT2D eigenvalue weighted by atomic mass is 9.92. The summed E-state index contributed by atoms with van der Waals surface area (Å²) in [6, 6.07) is 10.6. The van der Waals surface area contributed by atoms with Crippen LogP contribution in [-0.4, -0.2) is 15.0 Å². The maximum Gasteiger partial charge on any atom is 0.0931 e. The third-order valence-corrected chi connectivity index (χ3v) is 3.44. The summed E-state index contributed by atoms with van der Waals surface area (Å²) in [4.78, 5) is 10.3. The van der Waals surface area contributed by atoms with Gasteiger partial charge in [-0.3, -0.25) is 0 Å². The van der Waals surface area contributed by atoms with Crippen molar-refractivity contribution in [2.45, 2.75) is 26.2 Å². The Labute approximate surface area is 131 Å². The van der Waals surface area contributed by atoms with Crippen LogP contribution in [0.1, 0.15) is 37.9 Å². The molecule has 2 heterocycles. The fourth-order valence-electron chi connectivity index (χ4n) is 2.12. The molecule has 114 valence electrons. The molecule has 2 N–H and O–H groups in total. The number of fused-ring (bicyclic) bond motifs is 1. The van der Waals surface area contributed by atoms with Crippen molar-refractivity contribution < 1.29 is 0 Å². The summed E-state index contributed by atoms with van der Waals surface area (Å²) in [6.07, 6.45) is 5.02. The van der Waals surface area contributed by atoms with Crippen molar-refractivity contribution in [3.8, 4) is 0 Å². The van der Waals surface area contributed by atoms with Gasteiger partial charge in [0.1, 0.15) is 0 Å². The van der Waals surface area contributed by atoms with Gasteiger partial charge in [0.25, 0.3) is 0 Å². The van der Waals surface area contributed by atoms with Crippen molar-refractivity contribution in [1.82, 2.24) is 15.0 Å². The Kier molecular flexibility index (Phi) is 4.66. The minimum Gasteiger partial charge on any atom is -0.358 e. The number of para-hydroxylation sites is 1. The van der Waals surface area contributed by atoms with E-state index in [0.29, 0.717) is 0 Å². The molecule has 22 heavy (non-hydrogen) atoms. The SMILES string of the molecule is C=Cc1nc[nH]c1C=C.CC(C)(C)c1cc2ccccc2[nH]1. The molecule has 3 heteroatoms. The van der Waals surface area contributed by atoms with Crippen molar-refractivity contribution >= 4 is 23.1 Å². The van der Waals surface area contributed by atoms with Gasteiger partial charge < -0.3 is 9.97 Å². The molecule has 0 fully saturated rings. The minimum atomic E-state index is 0.207. The maximum absolute atomic E-state index is 3.96. The zero-order valence-electron chi connectivity index (χ0n) is 13.5. The number of aromatic nitrogens is 3. The molecule has 0 saturated heterocycles. The van der Waals surface area contributed by atoms with Crippen LogP contribution < -0.4 is 0 Å². The normalized spacial score (nSPS) is 10.9. The summed E-state index contributed by atoms with van der Waals surface area (Å²) in [5.74, 6) is 0. The van der Waals surface area contributed by atoms with Crippen LogP contribution in [0.3, 0.4) is 0 Å². The molecule has 0 aliphatic heterocycles. The standard InChI is InChI=1S/C12H15N.C7H8N2/c1-12(2,3)11-8-9-6-4-5-7-10(9)13-11;1-3-6-7(4-2)9-5-8-6/h4-8,13H,1-3H3;3-5H,1-2H2,(H,8,9). The molecule has 3 aromatic rings. The van der Waals surface area contributed by atoms with E-state index in [-0.39, 0.29) is 5.41 Å². The highest BCUT2D eigenvalue weighted by atomic mass is 14.9. The summed E-state index contributed by atoms with van der Waals surface area (Å²) in [7, 11) is 0. The van der Waals surface area contributed by atoms with Crippen molar-refractivity contribution in [1.29, 1.82) is 0 Å². The Morgan fingerprint density at radius 2 is 1.82 bits per heavy atom. The van der Waals surface area contributed by atoms with Crippen LogP contribution in [0.2, 0.25) is 0 Å². The topological polar surface area (TPSA) is 44.5 Å². The summed E-state index contributed by atoms with van der Waals surface area (Å²) in [6.45, 7) is 13.8. The summed E-state index contributed by atoms with van der Waals surface area (Å²) in [5.41, 5.74) is 4.51. The first kappa shape index (κ1) is 15.8. The Bertz CT molecular complexity index is 714. The Balaban J connectivity index is 0.000000172. The number of imidazole rings is 1. The van der Waals surface area contributed by atoms with Crippen LogP contribution in [0.25, 0.3) is 23.1 Å². The highest BCUT2D eigenvalue weighted by Crippen LogP contribution is 2.25. The third kappa shape index (κ3) is 3.55. The fraction of sp³-hybridized carbons (Fsp3) is 0.211. The van der Waals surface area contributed by atoms with Gasteiger partial charge >= 0.3 is 0 Å². The molecule has 0 aliphatic rings. The van der Waals surface area contributed by atoms with E-state index in [9.17, 15) is 0 Å². The second-order valence-electron chi connectivity index (χ2n) is 6.13. The molecular weight excluding hydrogens is 270 g/mol. The summed E-state index contributed by atoms with van der Waals surface area (Å²) >= 11 is 0. The van der Waals surface area contributed by atoms with E-state index in [1.807, 2.05) is 0 Å². The zero-order chi connectivity index (χ0) is 16.2. The van der Waals surface area contributed by atoms with Gasteiger partial charge in [0.2, 0.25) is 0 Å². The van der Waals surface area contributed by atoms with Gasteiger partial charge in [-0.2, -0.15) is 0 Å². The minimum absolute atomic E-state index is 0.207. The van der Waals surface area contributed by atoms with Gasteiger partial charge in [0.15, 0.2) is 0 Å². The number of nitrogens with zero attached hydrogens (tertiary/aromatic N) is 1. The predicted octanol–water partition coefficient (Wildman–Crippen LogP) is 5.16. The Hall–Kier alpha value is -2.55. The van der Waals surface area contributed by atoms with Gasteiger partial charge in [-0.15, -0.1) is 0 Å². The van der Waals surface area contributed by atoms with Gasteiger partial charge in [-0.25, -0.2) is 4.98 Å². The number of nitrogens with one attached hydrogen (secondary N) is 2. The molecule has 0 aliphatic carbocycles. The molecule has 3 nitrogen and oxygen atoms in total. The van der Waals surface area contributed by atoms with E-state index in [1.54, 1.807) is 18.5 Å². The van der Waals surface area contributed by atoms with E-state index < -0.39 is 0 Å². The highest BCUT2D eigenvalue weighted by Gasteiger charge is 2.15. The molecule has 0 radical (unpaired) electrons. The average Bonchev–Trinajstić information content (AvgIpc) is 3.13. The summed E-state index contributed by atoms with van der Waals surface area (Å²) < 4.78 is 0. The summed E-state index contributed by atoms with van der Waals surface area (Å²) in [5, 5.41) is 1.30. The Morgan fingerprint density at radius 1 is 1.09 bits per heavy atom. The van der Waals surface area contributed by atoms with Crippen LogP contribution >= 0.6 is 0 Å². The zero-order valence-corrected chi connectivity index (χ0v) is 13.5. The van der Waals surface area contributed by atoms with Crippen LogP contribution in [0.5, 0.6) is 0 Å². The quantitative estimate of drug-likeness (QED) is 0.673. The van der Waals surface area contributed by atoms with E-state index in [4.69, 9.17) is 0 Å². The van der Waals surface area contributed by atoms with E-state index in [0.717, 1.165) is 11.4 Å². The van der Waals surface area contributed by atoms with Crippen LogP contribution in [0.4, 0.5) is 0 Å². The van der Waals surface area contributed by atoms with Gasteiger partial charge in [-0.05, 0) is 29.7 Å². The first-order valence-corrected chi connectivity index (χ1v) is 7.32. The second-order valence-corrected chi connectivity index (χ2v) is 6.13. The molecule has 0 amide bonds. The highest BCUT2D eigenvalue weighted by molar-refractivity contribution is 5.80. The molecule has 0 saturated carbocycles. The van der Waals surface area contributed by atoms with Gasteiger partial charge in [0, 0.05) is 16.6 Å². The van der Waals surface area contributed by atoms with Crippen LogP contribution in [0.15, 0.2) is 49.8 Å². The number of aromatic amines is 2. The molecule has 0 spiro atoms. The third-order valence-electron chi connectivity index (χ3n) is 3.44. The molecule has 0 atom stereocenters. The number of H-pyrrole nitrogens is 2. The number of hydrogen-bond donors (Lipinski definition) is 2. The lowest BCUT2D eigenvalue weighted by Gasteiger charge is -2.15. The first-order valence-electron chi connectivity index (χ1n) is 7.32. The predicted molar refractivity (Wildman–Crippen MR) is 95.8 cm³/mol. The molecule has 3 rings (SSSR count). The molecule has 2 aromatic heterocycles. The van der Waals surface area contributed by atoms with E-state index in [2.05, 4.69) is 79.2 Å². The van der Waals surface area contributed by atoms with Crippen LogP contribution in [-0.2, 0) is 5.41 Å². The number of benzene rings is 1. The monoisotopic (exact) mass is 293 g/mol. The molecule has 0 bridgehead atoms.